The summed E-state index contributed by atoms with van der Waals surface area (Å²) >= 11 is 0. The van der Waals surface area contributed by atoms with Crippen LogP contribution in [0.1, 0.15) is 17.3 Å². The Kier molecular flexibility index (Phi) is 5.46. The Morgan fingerprint density at radius 1 is 1.07 bits per heavy atom. The molecule has 2 N–H and O–H groups in total. The highest BCUT2D eigenvalue weighted by atomic mass is 19.1. The summed E-state index contributed by atoms with van der Waals surface area (Å²) in [7, 11) is 0. The third-order valence-electron chi connectivity index (χ3n) is 3.60. The van der Waals surface area contributed by atoms with Gasteiger partial charge in [-0.2, -0.15) is 0 Å². The van der Waals surface area contributed by atoms with E-state index in [4.69, 9.17) is 4.42 Å². The summed E-state index contributed by atoms with van der Waals surface area (Å²) in [6.45, 7) is 1.82. The molecule has 27 heavy (non-hydrogen) atoms. The van der Waals surface area contributed by atoms with Crippen LogP contribution >= 0.6 is 0 Å². The molecule has 1 aromatic heterocycles. The van der Waals surface area contributed by atoms with Gasteiger partial charge in [0.15, 0.2) is 5.76 Å². The molecule has 0 saturated carbocycles. The Balaban J connectivity index is 1.85. The molecule has 0 radical (unpaired) electrons. The first-order valence-electron chi connectivity index (χ1n) is 8.13. The van der Waals surface area contributed by atoms with Crippen molar-refractivity contribution in [3.8, 4) is 22.8 Å². The number of nitrogens with zero attached hydrogens (tertiary/aromatic N) is 1. The van der Waals surface area contributed by atoms with E-state index in [9.17, 15) is 14.0 Å². The second-order valence-electron chi connectivity index (χ2n) is 5.35. The van der Waals surface area contributed by atoms with Crippen molar-refractivity contribution in [3.05, 3.63) is 66.1 Å². The van der Waals surface area contributed by atoms with Gasteiger partial charge in [-0.05, 0) is 31.2 Å². The van der Waals surface area contributed by atoms with Gasteiger partial charge >= 0.3 is 6.09 Å². The molecular formula is C19H16FN3O4. The summed E-state index contributed by atoms with van der Waals surface area (Å²) in [5.41, 5.74) is 5.26. The average Bonchev–Trinajstić information content (AvgIpc) is 3.16. The summed E-state index contributed by atoms with van der Waals surface area (Å²) in [5.74, 6) is -0.632. The normalized spacial score (nSPS) is 10.3. The van der Waals surface area contributed by atoms with Crippen LogP contribution in [0.15, 0.2) is 59.1 Å². The van der Waals surface area contributed by atoms with E-state index in [1.54, 1.807) is 49.4 Å². The monoisotopic (exact) mass is 369 g/mol. The van der Waals surface area contributed by atoms with E-state index in [1.165, 1.54) is 12.3 Å². The Morgan fingerprint density at radius 3 is 2.52 bits per heavy atom. The number of hydrogen-bond donors (Lipinski definition) is 2. The van der Waals surface area contributed by atoms with Crippen LogP contribution < -0.4 is 10.9 Å². The van der Waals surface area contributed by atoms with E-state index in [2.05, 4.69) is 20.6 Å². The highest BCUT2D eigenvalue weighted by molar-refractivity contribution is 6.00. The number of hydrazine groups is 1. The summed E-state index contributed by atoms with van der Waals surface area (Å²) in [5, 5.41) is 0. The number of carbonyl (C=O) groups excluding carboxylic acids is 2. The molecule has 3 rings (SSSR count). The van der Waals surface area contributed by atoms with Gasteiger partial charge in [-0.1, -0.05) is 24.3 Å². The molecule has 0 aliphatic heterocycles. The van der Waals surface area contributed by atoms with Crippen molar-refractivity contribution < 1.29 is 23.1 Å². The maximum Gasteiger partial charge on any atom is 0.426 e. The van der Waals surface area contributed by atoms with Crippen LogP contribution in [0.2, 0.25) is 0 Å². The predicted octanol–water partition coefficient (Wildman–Crippen LogP) is 3.54. The Bertz CT molecular complexity index is 971. The topological polar surface area (TPSA) is 93.5 Å². The number of hydrogen-bond acceptors (Lipinski definition) is 5. The highest BCUT2D eigenvalue weighted by Crippen LogP contribution is 2.29. The van der Waals surface area contributed by atoms with E-state index in [-0.39, 0.29) is 29.4 Å². The minimum Gasteiger partial charge on any atom is -0.449 e. The molecule has 8 heteroatoms. The zero-order chi connectivity index (χ0) is 19.2. The van der Waals surface area contributed by atoms with Gasteiger partial charge in [-0.25, -0.2) is 19.6 Å². The molecule has 0 bridgehead atoms. The third kappa shape index (κ3) is 4.12. The maximum atomic E-state index is 13.9. The van der Waals surface area contributed by atoms with Gasteiger partial charge in [0.25, 0.3) is 5.91 Å². The Morgan fingerprint density at radius 2 is 1.78 bits per heavy atom. The fourth-order valence-corrected chi connectivity index (χ4v) is 2.39. The lowest BCUT2D eigenvalue weighted by Gasteiger charge is -2.09. The first kappa shape index (κ1) is 18.1. The number of nitrogens with one attached hydrogen (secondary N) is 2. The number of rotatable bonds is 4. The van der Waals surface area contributed by atoms with Crippen LogP contribution in [0.3, 0.4) is 0 Å². The first-order chi connectivity index (χ1) is 13.1. The Labute approximate surface area is 154 Å². The zero-order valence-corrected chi connectivity index (χ0v) is 14.4. The van der Waals surface area contributed by atoms with Gasteiger partial charge in [-0.15, -0.1) is 0 Å². The SMILES string of the molecule is CCOC(=O)NNC(=O)c1ccccc1-c1ncc(-c2ccccc2F)o1. The quantitative estimate of drug-likeness (QED) is 0.686. The fourth-order valence-electron chi connectivity index (χ4n) is 2.39. The molecule has 0 aliphatic rings. The number of ether oxygens (including phenoxy) is 1. The number of amides is 2. The van der Waals surface area contributed by atoms with Gasteiger partial charge in [0.1, 0.15) is 5.82 Å². The molecule has 2 aromatic carbocycles. The summed E-state index contributed by atoms with van der Waals surface area (Å²) in [6.07, 6.45) is 0.612. The van der Waals surface area contributed by atoms with E-state index in [0.29, 0.717) is 5.56 Å². The van der Waals surface area contributed by atoms with E-state index >= 15 is 0 Å². The van der Waals surface area contributed by atoms with Crippen molar-refractivity contribution in [1.29, 1.82) is 0 Å². The summed E-state index contributed by atoms with van der Waals surface area (Å²) in [4.78, 5) is 27.8. The number of oxazole rings is 1. The fraction of sp³-hybridized carbons (Fsp3) is 0.105. The molecule has 138 valence electrons. The number of benzene rings is 2. The largest absolute Gasteiger partial charge is 0.449 e. The third-order valence-corrected chi connectivity index (χ3v) is 3.60. The van der Waals surface area contributed by atoms with Gasteiger partial charge in [0.05, 0.1) is 23.9 Å². The first-order valence-corrected chi connectivity index (χ1v) is 8.13. The average molecular weight is 369 g/mol. The lowest BCUT2D eigenvalue weighted by Crippen LogP contribution is -2.42. The standard InChI is InChI=1S/C19H16FN3O4/c1-2-26-19(25)23-22-17(24)12-7-3-4-8-13(12)18-21-11-16(27-18)14-9-5-6-10-15(14)20/h3-11H,2H2,1H3,(H,22,24)(H,23,25). The van der Waals surface area contributed by atoms with Gasteiger partial charge in [0, 0.05) is 5.56 Å². The van der Waals surface area contributed by atoms with Crippen molar-refractivity contribution >= 4 is 12.0 Å². The van der Waals surface area contributed by atoms with Crippen LogP contribution in [0.5, 0.6) is 0 Å². The molecule has 0 spiro atoms. The van der Waals surface area contributed by atoms with Crippen LogP contribution in [0.4, 0.5) is 9.18 Å². The second-order valence-corrected chi connectivity index (χ2v) is 5.35. The van der Waals surface area contributed by atoms with Crippen molar-refractivity contribution in [2.75, 3.05) is 6.61 Å². The minimum atomic E-state index is -0.777. The molecule has 0 saturated heterocycles. The molecule has 0 atom stereocenters. The highest BCUT2D eigenvalue weighted by Gasteiger charge is 2.18. The Hall–Kier alpha value is -3.68. The maximum absolute atomic E-state index is 13.9. The summed E-state index contributed by atoms with van der Waals surface area (Å²) in [6, 6.07) is 12.7. The molecule has 3 aromatic rings. The lowest BCUT2D eigenvalue weighted by atomic mass is 10.1. The number of aromatic nitrogens is 1. The van der Waals surface area contributed by atoms with Gasteiger partial charge in [0.2, 0.25) is 5.89 Å². The van der Waals surface area contributed by atoms with Gasteiger partial charge < -0.3 is 9.15 Å². The molecule has 2 amide bonds. The summed E-state index contributed by atoms with van der Waals surface area (Å²) < 4.78 is 24.3. The van der Waals surface area contributed by atoms with E-state index < -0.39 is 17.8 Å². The molecular weight excluding hydrogens is 353 g/mol. The molecule has 1 heterocycles. The predicted molar refractivity (Wildman–Crippen MR) is 95.0 cm³/mol. The molecule has 7 nitrogen and oxygen atoms in total. The number of halogens is 1. The van der Waals surface area contributed by atoms with Crippen molar-refractivity contribution in [2.24, 2.45) is 0 Å². The molecule has 0 fully saturated rings. The zero-order valence-electron chi connectivity index (χ0n) is 14.4. The lowest BCUT2D eigenvalue weighted by molar-refractivity contribution is 0.0913. The molecule has 0 aliphatic carbocycles. The van der Waals surface area contributed by atoms with Crippen molar-refractivity contribution in [1.82, 2.24) is 15.8 Å². The van der Waals surface area contributed by atoms with Crippen LogP contribution in [-0.2, 0) is 4.74 Å². The van der Waals surface area contributed by atoms with Crippen molar-refractivity contribution in [3.63, 3.8) is 0 Å². The van der Waals surface area contributed by atoms with Crippen LogP contribution in [0.25, 0.3) is 22.8 Å². The van der Waals surface area contributed by atoms with E-state index in [0.717, 1.165) is 0 Å². The smallest absolute Gasteiger partial charge is 0.426 e. The van der Waals surface area contributed by atoms with Crippen LogP contribution in [-0.4, -0.2) is 23.6 Å². The van der Waals surface area contributed by atoms with Gasteiger partial charge in [-0.3, -0.25) is 10.2 Å². The van der Waals surface area contributed by atoms with Crippen molar-refractivity contribution in [2.45, 2.75) is 6.92 Å². The van der Waals surface area contributed by atoms with E-state index in [1.807, 2.05) is 0 Å². The minimum absolute atomic E-state index is 0.148. The second kappa shape index (κ2) is 8.13. The number of carbonyl (C=O) groups is 2. The molecule has 0 unspecified atom stereocenters. The van der Waals surface area contributed by atoms with Crippen LogP contribution in [0, 0.1) is 5.82 Å².